The van der Waals surface area contributed by atoms with Crippen LogP contribution in [0.4, 0.5) is 0 Å². The Kier molecular flexibility index (Phi) is 2.78. The molecule has 1 aliphatic rings. The molecule has 1 aliphatic heterocycles. The zero-order chi connectivity index (χ0) is 11.7. The number of pyridine rings is 1. The number of nitrogens with zero attached hydrogens (tertiary/aromatic N) is 2. The lowest BCUT2D eigenvalue weighted by atomic mass is 10.2. The standard InChI is InChI=1S/C11H14N2O3/c1-7-4-9(15)10(12-5-7)11(16)13-3-2-8(14)6-13/h4-5,8,14-15H,2-3,6H2,1H3/t8-/m0/s1. The molecular formula is C11H14N2O3. The summed E-state index contributed by atoms with van der Waals surface area (Å²) in [6.45, 7) is 2.61. The summed E-state index contributed by atoms with van der Waals surface area (Å²) in [5.74, 6) is -0.430. The molecule has 1 aromatic rings. The van der Waals surface area contributed by atoms with Crippen LogP contribution in [0.2, 0.25) is 0 Å². The van der Waals surface area contributed by atoms with Gasteiger partial charge in [-0.15, -0.1) is 0 Å². The van der Waals surface area contributed by atoms with Gasteiger partial charge in [0.05, 0.1) is 6.10 Å². The number of aromatic hydroxyl groups is 1. The predicted octanol–water partition coefficient (Wildman–Crippen LogP) is 0.302. The van der Waals surface area contributed by atoms with Crippen molar-refractivity contribution in [3.05, 3.63) is 23.5 Å². The van der Waals surface area contributed by atoms with Crippen LogP contribution < -0.4 is 0 Å². The molecule has 0 aromatic carbocycles. The van der Waals surface area contributed by atoms with Crippen LogP contribution in [0.25, 0.3) is 0 Å². The fourth-order valence-corrected chi connectivity index (χ4v) is 1.79. The van der Waals surface area contributed by atoms with Gasteiger partial charge < -0.3 is 15.1 Å². The second-order valence-corrected chi connectivity index (χ2v) is 4.07. The van der Waals surface area contributed by atoms with E-state index in [1.165, 1.54) is 11.0 Å². The van der Waals surface area contributed by atoms with Crippen LogP contribution in [0.5, 0.6) is 5.75 Å². The van der Waals surface area contributed by atoms with Crippen LogP contribution in [-0.2, 0) is 0 Å². The van der Waals surface area contributed by atoms with Gasteiger partial charge in [-0.1, -0.05) is 0 Å². The first-order valence-corrected chi connectivity index (χ1v) is 5.21. The first-order chi connectivity index (χ1) is 7.58. The average molecular weight is 222 g/mol. The lowest BCUT2D eigenvalue weighted by Gasteiger charge is -2.15. The number of β-amino-alcohol motifs (C(OH)–C–C–N with tert-alkyl or cyclic N) is 1. The van der Waals surface area contributed by atoms with Crippen molar-refractivity contribution in [2.45, 2.75) is 19.4 Å². The Hall–Kier alpha value is -1.62. The molecule has 2 rings (SSSR count). The lowest BCUT2D eigenvalue weighted by Crippen LogP contribution is -2.30. The van der Waals surface area contributed by atoms with Crippen LogP contribution >= 0.6 is 0 Å². The monoisotopic (exact) mass is 222 g/mol. The fourth-order valence-electron chi connectivity index (χ4n) is 1.79. The summed E-state index contributed by atoms with van der Waals surface area (Å²) in [7, 11) is 0. The first-order valence-electron chi connectivity index (χ1n) is 5.21. The van der Waals surface area contributed by atoms with E-state index < -0.39 is 6.10 Å². The molecule has 5 nitrogen and oxygen atoms in total. The van der Waals surface area contributed by atoms with Gasteiger partial charge in [-0.25, -0.2) is 4.98 Å². The molecule has 1 atom stereocenters. The van der Waals surface area contributed by atoms with Gasteiger partial charge in [-0.3, -0.25) is 4.79 Å². The molecule has 86 valence electrons. The maximum absolute atomic E-state index is 11.9. The summed E-state index contributed by atoms with van der Waals surface area (Å²) in [5.41, 5.74) is 0.857. The van der Waals surface area contributed by atoms with E-state index in [0.29, 0.717) is 19.5 Å². The van der Waals surface area contributed by atoms with Gasteiger partial charge in [0, 0.05) is 19.3 Å². The minimum atomic E-state index is -0.462. The molecule has 1 aromatic heterocycles. The van der Waals surface area contributed by atoms with Crippen molar-refractivity contribution >= 4 is 5.91 Å². The molecule has 0 saturated carbocycles. The normalized spacial score (nSPS) is 20.1. The summed E-state index contributed by atoms with van der Waals surface area (Å²) >= 11 is 0. The molecule has 0 unspecified atom stereocenters. The molecule has 5 heteroatoms. The highest BCUT2D eigenvalue weighted by Gasteiger charge is 2.27. The number of carbonyl (C=O) groups is 1. The van der Waals surface area contributed by atoms with Crippen LogP contribution in [0, 0.1) is 6.92 Å². The summed E-state index contributed by atoms with van der Waals surface area (Å²) in [6, 6.07) is 1.51. The second kappa shape index (κ2) is 4.09. The van der Waals surface area contributed by atoms with E-state index in [2.05, 4.69) is 4.98 Å². The summed E-state index contributed by atoms with van der Waals surface area (Å²) < 4.78 is 0. The highest BCUT2D eigenvalue weighted by molar-refractivity contribution is 5.95. The Balaban J connectivity index is 2.21. The van der Waals surface area contributed by atoms with Crippen LogP contribution in [-0.4, -0.2) is 45.2 Å². The van der Waals surface area contributed by atoms with E-state index in [4.69, 9.17) is 0 Å². The van der Waals surface area contributed by atoms with Crippen molar-refractivity contribution in [1.29, 1.82) is 0 Å². The van der Waals surface area contributed by atoms with Gasteiger partial charge in [0.2, 0.25) is 0 Å². The van der Waals surface area contributed by atoms with Crippen molar-refractivity contribution in [2.75, 3.05) is 13.1 Å². The van der Waals surface area contributed by atoms with Crippen molar-refractivity contribution in [1.82, 2.24) is 9.88 Å². The summed E-state index contributed by atoms with van der Waals surface area (Å²) in [5, 5.41) is 18.9. The van der Waals surface area contributed by atoms with Crippen LogP contribution in [0.15, 0.2) is 12.3 Å². The molecule has 1 amide bonds. The van der Waals surface area contributed by atoms with Gasteiger partial charge in [-0.2, -0.15) is 0 Å². The van der Waals surface area contributed by atoms with Gasteiger partial charge in [0.15, 0.2) is 5.69 Å². The number of aromatic nitrogens is 1. The molecular weight excluding hydrogens is 208 g/mol. The van der Waals surface area contributed by atoms with Gasteiger partial charge in [0.25, 0.3) is 5.91 Å². The minimum Gasteiger partial charge on any atom is -0.505 e. The molecule has 0 bridgehead atoms. The number of aliphatic hydroxyl groups is 1. The zero-order valence-corrected chi connectivity index (χ0v) is 9.05. The summed E-state index contributed by atoms with van der Waals surface area (Å²) in [4.78, 5) is 17.3. The Morgan fingerprint density at radius 3 is 2.94 bits per heavy atom. The molecule has 16 heavy (non-hydrogen) atoms. The smallest absolute Gasteiger partial charge is 0.276 e. The van der Waals surface area contributed by atoms with E-state index >= 15 is 0 Å². The third-order valence-electron chi connectivity index (χ3n) is 2.66. The number of aryl methyl sites for hydroxylation is 1. The zero-order valence-electron chi connectivity index (χ0n) is 9.05. The number of amides is 1. The average Bonchev–Trinajstić information content (AvgIpc) is 2.64. The Bertz CT molecular complexity index is 420. The number of aliphatic hydroxyl groups excluding tert-OH is 1. The van der Waals surface area contributed by atoms with Crippen molar-refractivity contribution in [3.8, 4) is 5.75 Å². The fraction of sp³-hybridized carbons (Fsp3) is 0.455. The molecule has 0 aliphatic carbocycles. The van der Waals surface area contributed by atoms with Crippen LogP contribution in [0.1, 0.15) is 22.5 Å². The Labute approximate surface area is 93.3 Å². The largest absolute Gasteiger partial charge is 0.505 e. The SMILES string of the molecule is Cc1cnc(C(=O)N2CC[C@H](O)C2)c(O)c1. The first kappa shape index (κ1) is 10.9. The quantitative estimate of drug-likeness (QED) is 0.717. The van der Waals surface area contributed by atoms with Crippen molar-refractivity contribution in [3.63, 3.8) is 0 Å². The third kappa shape index (κ3) is 1.99. The Morgan fingerprint density at radius 2 is 2.38 bits per heavy atom. The van der Waals surface area contributed by atoms with E-state index in [9.17, 15) is 15.0 Å². The minimum absolute atomic E-state index is 0.0553. The second-order valence-electron chi connectivity index (χ2n) is 4.07. The van der Waals surface area contributed by atoms with Gasteiger partial charge in [0.1, 0.15) is 5.75 Å². The highest BCUT2D eigenvalue weighted by Crippen LogP contribution is 2.20. The molecule has 1 fully saturated rings. The number of hydrogen-bond donors (Lipinski definition) is 2. The van der Waals surface area contributed by atoms with Crippen molar-refractivity contribution in [2.24, 2.45) is 0 Å². The maximum atomic E-state index is 11.9. The predicted molar refractivity (Wildman–Crippen MR) is 57.2 cm³/mol. The topological polar surface area (TPSA) is 73.7 Å². The maximum Gasteiger partial charge on any atom is 0.276 e. The molecule has 0 spiro atoms. The lowest BCUT2D eigenvalue weighted by molar-refractivity contribution is 0.0756. The molecule has 1 saturated heterocycles. The van der Waals surface area contributed by atoms with Gasteiger partial charge in [-0.05, 0) is 25.0 Å². The highest BCUT2D eigenvalue weighted by atomic mass is 16.3. The van der Waals surface area contributed by atoms with E-state index in [0.717, 1.165) is 5.56 Å². The summed E-state index contributed by atoms with van der Waals surface area (Å²) in [6.07, 6.45) is 1.66. The molecule has 0 radical (unpaired) electrons. The molecule has 2 N–H and O–H groups in total. The van der Waals surface area contributed by atoms with Crippen LogP contribution in [0.3, 0.4) is 0 Å². The van der Waals surface area contributed by atoms with Crippen molar-refractivity contribution < 1.29 is 15.0 Å². The third-order valence-corrected chi connectivity index (χ3v) is 2.66. The van der Waals surface area contributed by atoms with E-state index in [1.54, 1.807) is 13.1 Å². The number of carbonyl (C=O) groups excluding carboxylic acids is 1. The number of hydrogen-bond acceptors (Lipinski definition) is 4. The Morgan fingerprint density at radius 1 is 1.62 bits per heavy atom. The number of likely N-dealkylation sites (tertiary alicyclic amines) is 1. The van der Waals surface area contributed by atoms with Gasteiger partial charge >= 0.3 is 0 Å². The van der Waals surface area contributed by atoms with E-state index in [-0.39, 0.29) is 17.4 Å². The van der Waals surface area contributed by atoms with E-state index in [1.807, 2.05) is 0 Å². The number of rotatable bonds is 1. The molecule has 2 heterocycles.